The lowest BCUT2D eigenvalue weighted by molar-refractivity contribution is -0.966. The third-order valence-electron chi connectivity index (χ3n) is 2.63. The molecule has 1 amide bonds. The highest BCUT2D eigenvalue weighted by Gasteiger charge is 2.42. The lowest BCUT2D eigenvalue weighted by Gasteiger charge is -2.07. The Morgan fingerprint density at radius 3 is 2.65 bits per heavy atom. The Hall–Kier alpha value is -2.21. The van der Waals surface area contributed by atoms with Gasteiger partial charge in [0, 0.05) is 5.56 Å². The molecule has 1 aromatic carbocycles. The summed E-state index contributed by atoms with van der Waals surface area (Å²) in [5.74, 6) is -0.420. The lowest BCUT2D eigenvalue weighted by Crippen LogP contribution is -3.18. The van der Waals surface area contributed by atoms with Crippen molar-refractivity contribution in [3.05, 3.63) is 35.9 Å². The van der Waals surface area contributed by atoms with Gasteiger partial charge in [0.25, 0.3) is 0 Å². The van der Waals surface area contributed by atoms with Gasteiger partial charge in [-0.1, -0.05) is 35.0 Å². The van der Waals surface area contributed by atoms with E-state index in [0.717, 1.165) is 5.56 Å². The highest BCUT2D eigenvalue weighted by molar-refractivity contribution is 6.62. The Morgan fingerprint density at radius 2 is 2.12 bits per heavy atom. The Kier molecular flexibility index (Phi) is 2.88. The van der Waals surface area contributed by atoms with Crippen molar-refractivity contribution in [1.82, 2.24) is 5.53 Å². The second kappa shape index (κ2) is 4.34. The van der Waals surface area contributed by atoms with Crippen LogP contribution in [0.1, 0.15) is 5.56 Å². The average Bonchev–Trinajstić information content (AvgIpc) is 2.55. The quantitative estimate of drug-likeness (QED) is 0.457. The van der Waals surface area contributed by atoms with Gasteiger partial charge in [0.2, 0.25) is 0 Å². The van der Waals surface area contributed by atoms with E-state index in [0.29, 0.717) is 11.6 Å². The number of hydrazine groups is 1. The van der Waals surface area contributed by atoms with E-state index in [9.17, 15) is 4.79 Å². The molecular weight excluding hydrogens is 218 g/mol. The fourth-order valence-electron chi connectivity index (χ4n) is 1.84. The molecule has 0 saturated carbocycles. The first-order valence-electron chi connectivity index (χ1n) is 5.26. The number of carbonyl (C=O) groups excluding carboxylic acids is 1. The SMILES string of the molecule is C[N+]1=C(C(N)=O)C(=N)[NH+](Cc2ccccc2)N1. The first-order chi connectivity index (χ1) is 8.09. The molecular formula is C11H15N5O+2. The summed E-state index contributed by atoms with van der Waals surface area (Å²) in [5.41, 5.74) is 9.48. The minimum absolute atomic E-state index is 0.170. The van der Waals surface area contributed by atoms with Crippen molar-refractivity contribution in [2.24, 2.45) is 5.73 Å². The fourth-order valence-corrected chi connectivity index (χ4v) is 1.84. The molecule has 2 rings (SSSR count). The molecule has 1 aliphatic heterocycles. The van der Waals surface area contributed by atoms with E-state index in [1.54, 1.807) is 7.05 Å². The maximum absolute atomic E-state index is 11.2. The molecule has 0 saturated heterocycles. The van der Waals surface area contributed by atoms with Gasteiger partial charge in [0.15, 0.2) is 7.05 Å². The van der Waals surface area contributed by atoms with Crippen LogP contribution in [-0.4, -0.2) is 29.2 Å². The van der Waals surface area contributed by atoms with Gasteiger partial charge in [-0.3, -0.25) is 4.79 Å². The van der Waals surface area contributed by atoms with Crippen LogP contribution in [-0.2, 0) is 11.3 Å². The third-order valence-corrected chi connectivity index (χ3v) is 2.63. The molecule has 5 N–H and O–H groups in total. The summed E-state index contributed by atoms with van der Waals surface area (Å²) >= 11 is 0. The monoisotopic (exact) mass is 233 g/mol. The molecule has 1 atom stereocenters. The zero-order valence-electron chi connectivity index (χ0n) is 9.53. The van der Waals surface area contributed by atoms with Gasteiger partial charge >= 0.3 is 17.5 Å². The second-order valence-corrected chi connectivity index (χ2v) is 3.90. The minimum atomic E-state index is -0.590. The fraction of sp³-hybridized carbons (Fsp3) is 0.182. The van der Waals surface area contributed by atoms with Crippen LogP contribution in [0.3, 0.4) is 0 Å². The van der Waals surface area contributed by atoms with Crippen LogP contribution in [0.2, 0.25) is 0 Å². The summed E-state index contributed by atoms with van der Waals surface area (Å²) in [6.45, 7) is 0.584. The van der Waals surface area contributed by atoms with E-state index >= 15 is 0 Å². The smallest absolute Gasteiger partial charge is 0.360 e. The van der Waals surface area contributed by atoms with Crippen LogP contribution < -0.4 is 16.3 Å². The number of rotatable bonds is 3. The van der Waals surface area contributed by atoms with Gasteiger partial charge in [-0.25, -0.2) is 5.41 Å². The number of benzene rings is 1. The lowest BCUT2D eigenvalue weighted by atomic mass is 10.2. The van der Waals surface area contributed by atoms with Crippen molar-refractivity contribution in [3.63, 3.8) is 0 Å². The van der Waals surface area contributed by atoms with Crippen molar-refractivity contribution in [3.8, 4) is 0 Å². The number of quaternary nitrogens is 1. The van der Waals surface area contributed by atoms with Crippen molar-refractivity contribution < 1.29 is 14.5 Å². The maximum atomic E-state index is 11.2. The Balaban J connectivity index is 2.14. The average molecular weight is 233 g/mol. The van der Waals surface area contributed by atoms with Crippen LogP contribution in [0, 0.1) is 5.41 Å². The van der Waals surface area contributed by atoms with Crippen LogP contribution in [0.25, 0.3) is 0 Å². The molecule has 0 aromatic heterocycles. The standard InChI is InChI=1S/C11H13N5O/c1-15-9(11(13)17)10(12)16(14-15)7-8-5-3-2-4-6-8/h2-6H,7H2,1H3,(H3-,12,13,14,17)/p+2. The number of nitrogens with one attached hydrogen (secondary N) is 3. The number of nitrogens with two attached hydrogens (primary N) is 1. The van der Waals surface area contributed by atoms with Crippen molar-refractivity contribution >= 4 is 17.5 Å². The van der Waals surface area contributed by atoms with Gasteiger partial charge in [-0.2, -0.15) is 0 Å². The molecule has 0 radical (unpaired) electrons. The number of hydrogen-bond donors (Lipinski definition) is 4. The molecule has 1 aromatic rings. The van der Waals surface area contributed by atoms with E-state index in [4.69, 9.17) is 11.1 Å². The molecule has 0 bridgehead atoms. The first kappa shape index (κ1) is 11.3. The van der Waals surface area contributed by atoms with Gasteiger partial charge < -0.3 is 5.73 Å². The number of hydrogen-bond acceptors (Lipinski definition) is 3. The molecule has 1 aliphatic rings. The summed E-state index contributed by atoms with van der Waals surface area (Å²) in [6, 6.07) is 9.77. The largest absolute Gasteiger partial charge is 0.380 e. The van der Waals surface area contributed by atoms with E-state index < -0.39 is 5.91 Å². The zero-order chi connectivity index (χ0) is 12.4. The van der Waals surface area contributed by atoms with Crippen LogP contribution in [0.5, 0.6) is 0 Å². The molecule has 6 heteroatoms. The summed E-state index contributed by atoms with van der Waals surface area (Å²) in [4.78, 5) is 11.2. The Bertz CT molecular complexity index is 494. The predicted octanol–water partition coefficient (Wildman–Crippen LogP) is -1.95. The second-order valence-electron chi connectivity index (χ2n) is 3.90. The molecule has 1 heterocycles. The molecule has 6 nitrogen and oxygen atoms in total. The summed E-state index contributed by atoms with van der Waals surface area (Å²) in [7, 11) is 1.67. The minimum Gasteiger partial charge on any atom is -0.360 e. The van der Waals surface area contributed by atoms with Gasteiger partial charge in [0.1, 0.15) is 6.54 Å². The van der Waals surface area contributed by atoms with Crippen molar-refractivity contribution in [2.75, 3.05) is 7.05 Å². The van der Waals surface area contributed by atoms with Crippen LogP contribution >= 0.6 is 0 Å². The normalized spacial score (nSPS) is 19.4. The Labute approximate surface area is 98.8 Å². The zero-order valence-corrected chi connectivity index (χ0v) is 9.53. The van der Waals surface area contributed by atoms with Crippen molar-refractivity contribution in [2.45, 2.75) is 6.54 Å². The summed E-state index contributed by atoms with van der Waals surface area (Å²) in [5, 5.41) is 8.58. The summed E-state index contributed by atoms with van der Waals surface area (Å²) < 4.78 is 1.49. The molecule has 0 spiro atoms. The highest BCUT2D eigenvalue weighted by atomic mass is 16.1. The van der Waals surface area contributed by atoms with Crippen molar-refractivity contribution in [1.29, 1.82) is 5.41 Å². The van der Waals surface area contributed by atoms with E-state index in [1.165, 1.54) is 4.68 Å². The van der Waals surface area contributed by atoms with Gasteiger partial charge in [-0.15, -0.1) is 5.01 Å². The number of amidine groups is 1. The van der Waals surface area contributed by atoms with Gasteiger partial charge in [-0.05, 0) is 5.53 Å². The molecule has 88 valence electrons. The third kappa shape index (κ3) is 2.16. The maximum Gasteiger partial charge on any atom is 0.380 e. The number of hydrazone groups is 1. The van der Waals surface area contributed by atoms with Gasteiger partial charge in [0.05, 0.1) is 0 Å². The molecule has 17 heavy (non-hydrogen) atoms. The van der Waals surface area contributed by atoms with E-state index in [1.807, 2.05) is 30.3 Å². The van der Waals surface area contributed by atoms with E-state index in [2.05, 4.69) is 5.53 Å². The van der Waals surface area contributed by atoms with E-state index in [-0.39, 0.29) is 11.5 Å². The first-order valence-corrected chi connectivity index (χ1v) is 5.26. The molecule has 0 aliphatic carbocycles. The van der Waals surface area contributed by atoms with Crippen LogP contribution in [0.15, 0.2) is 30.3 Å². The highest BCUT2D eigenvalue weighted by Crippen LogP contribution is 1.95. The number of primary amides is 1. The Morgan fingerprint density at radius 1 is 1.47 bits per heavy atom. The molecule has 0 fully saturated rings. The number of amides is 1. The number of nitrogens with zero attached hydrogens (tertiary/aromatic N) is 1. The summed E-state index contributed by atoms with van der Waals surface area (Å²) in [6.07, 6.45) is 0. The molecule has 1 unspecified atom stereocenters. The topological polar surface area (TPSA) is 86.4 Å². The van der Waals surface area contributed by atoms with Crippen LogP contribution in [0.4, 0.5) is 0 Å². The predicted molar refractivity (Wildman–Crippen MR) is 62.4 cm³/mol. The number of carbonyl (C=O) groups is 1.